The number of benzene rings is 1. The molecular weight excluding hydrogens is 297 g/mol. The van der Waals surface area contributed by atoms with Gasteiger partial charge in [-0.25, -0.2) is 4.39 Å². The van der Waals surface area contributed by atoms with E-state index in [-0.39, 0.29) is 23.5 Å². The van der Waals surface area contributed by atoms with Crippen LogP contribution in [0.5, 0.6) is 0 Å². The summed E-state index contributed by atoms with van der Waals surface area (Å²) in [7, 11) is 0. The van der Waals surface area contributed by atoms with E-state index in [9.17, 15) is 9.18 Å². The molecule has 1 aromatic carbocycles. The van der Waals surface area contributed by atoms with Crippen LogP contribution in [0.1, 0.15) is 24.9 Å². The van der Waals surface area contributed by atoms with Crippen LogP contribution < -0.4 is 0 Å². The molecule has 0 aliphatic carbocycles. The molecule has 1 aromatic rings. The minimum Gasteiger partial charge on any atom is -0.466 e. The zero-order valence-electron chi connectivity index (χ0n) is 12.0. The summed E-state index contributed by atoms with van der Waals surface area (Å²) < 4.78 is 24.1. The van der Waals surface area contributed by atoms with Gasteiger partial charge < -0.3 is 9.47 Å². The number of rotatable bonds is 5. The molecule has 1 heterocycles. The van der Waals surface area contributed by atoms with Crippen molar-refractivity contribution >= 4 is 17.6 Å². The van der Waals surface area contributed by atoms with Crippen LogP contribution in [0, 0.1) is 5.82 Å². The molecule has 0 N–H and O–H groups in total. The van der Waals surface area contributed by atoms with Crippen LogP contribution in [0.4, 0.5) is 4.39 Å². The van der Waals surface area contributed by atoms with E-state index < -0.39 is 5.82 Å². The van der Waals surface area contributed by atoms with Crippen LogP contribution in [0.15, 0.2) is 18.2 Å². The first kappa shape index (κ1) is 16.2. The molecule has 0 spiro atoms. The van der Waals surface area contributed by atoms with Gasteiger partial charge in [0.1, 0.15) is 5.82 Å². The Hall–Kier alpha value is -1.17. The number of morpholine rings is 1. The molecule has 0 amide bonds. The average Bonchev–Trinajstić information content (AvgIpc) is 2.49. The van der Waals surface area contributed by atoms with Crippen LogP contribution in [-0.4, -0.2) is 43.8 Å². The Balaban J connectivity index is 2.20. The lowest BCUT2D eigenvalue weighted by Crippen LogP contribution is -2.40. The van der Waals surface area contributed by atoms with Crippen molar-refractivity contribution < 1.29 is 18.7 Å². The summed E-state index contributed by atoms with van der Waals surface area (Å²) in [6.45, 7) is 4.72. The molecule has 1 fully saturated rings. The number of nitrogens with zero attached hydrogens (tertiary/aromatic N) is 1. The molecule has 6 heteroatoms. The Morgan fingerprint density at radius 2 is 2.19 bits per heavy atom. The SMILES string of the molecule is CCOC(=O)CC(c1ccc(Cl)c(F)c1)N1CCOCC1. The van der Waals surface area contributed by atoms with Crippen LogP contribution in [-0.2, 0) is 14.3 Å². The van der Waals surface area contributed by atoms with Crippen LogP contribution in [0.2, 0.25) is 5.02 Å². The first-order valence-corrected chi connectivity index (χ1v) is 7.42. The van der Waals surface area contributed by atoms with Gasteiger partial charge in [-0.05, 0) is 24.6 Å². The van der Waals surface area contributed by atoms with Crippen molar-refractivity contribution in [2.45, 2.75) is 19.4 Å². The Kier molecular flexibility index (Phi) is 5.96. The maximum Gasteiger partial charge on any atom is 0.307 e. The number of carbonyl (C=O) groups excluding carboxylic acids is 1. The summed E-state index contributed by atoms with van der Waals surface area (Å²) in [4.78, 5) is 13.9. The van der Waals surface area contributed by atoms with Gasteiger partial charge in [0.25, 0.3) is 0 Å². The molecule has 4 nitrogen and oxygen atoms in total. The van der Waals surface area contributed by atoms with Crippen molar-refractivity contribution in [3.63, 3.8) is 0 Å². The Morgan fingerprint density at radius 3 is 2.81 bits per heavy atom. The molecule has 116 valence electrons. The van der Waals surface area contributed by atoms with Gasteiger partial charge in [-0.15, -0.1) is 0 Å². The van der Waals surface area contributed by atoms with Crippen molar-refractivity contribution in [1.82, 2.24) is 4.90 Å². The third-order valence-electron chi connectivity index (χ3n) is 3.48. The van der Waals surface area contributed by atoms with E-state index in [1.54, 1.807) is 13.0 Å². The van der Waals surface area contributed by atoms with Crippen LogP contribution in [0.3, 0.4) is 0 Å². The largest absolute Gasteiger partial charge is 0.466 e. The van der Waals surface area contributed by atoms with Crippen molar-refractivity contribution in [2.24, 2.45) is 0 Å². The minimum atomic E-state index is -0.476. The molecule has 0 bridgehead atoms. The van der Waals surface area contributed by atoms with E-state index in [1.807, 2.05) is 0 Å². The molecule has 0 aromatic heterocycles. The fourth-order valence-electron chi connectivity index (χ4n) is 2.44. The van der Waals surface area contributed by atoms with Crippen LogP contribution in [0.25, 0.3) is 0 Å². The van der Waals surface area contributed by atoms with Gasteiger partial charge in [0.05, 0.1) is 31.3 Å². The van der Waals surface area contributed by atoms with Gasteiger partial charge in [0.15, 0.2) is 0 Å². The van der Waals surface area contributed by atoms with Crippen molar-refractivity contribution in [3.8, 4) is 0 Å². The Morgan fingerprint density at radius 1 is 1.48 bits per heavy atom. The third-order valence-corrected chi connectivity index (χ3v) is 3.79. The number of halogens is 2. The van der Waals surface area contributed by atoms with Gasteiger partial charge in [-0.2, -0.15) is 0 Å². The second-order valence-corrected chi connectivity index (χ2v) is 5.25. The number of carbonyl (C=O) groups is 1. The summed E-state index contributed by atoms with van der Waals surface area (Å²) in [6.07, 6.45) is 0.189. The normalized spacial score (nSPS) is 17.5. The fraction of sp³-hybridized carbons (Fsp3) is 0.533. The molecule has 21 heavy (non-hydrogen) atoms. The molecule has 1 unspecified atom stereocenters. The predicted octanol–water partition coefficient (Wildman–Crippen LogP) is 2.81. The second-order valence-electron chi connectivity index (χ2n) is 4.85. The van der Waals surface area contributed by atoms with Gasteiger partial charge in [0, 0.05) is 19.1 Å². The summed E-state index contributed by atoms with van der Waals surface area (Å²) >= 11 is 5.73. The molecular formula is C15H19ClFNO3. The monoisotopic (exact) mass is 315 g/mol. The van der Waals surface area contributed by atoms with E-state index >= 15 is 0 Å². The molecule has 0 saturated carbocycles. The number of hydrogen-bond donors (Lipinski definition) is 0. The van der Waals surface area contributed by atoms with Gasteiger partial charge in [0.2, 0.25) is 0 Å². The number of ether oxygens (including phenoxy) is 2. The first-order valence-electron chi connectivity index (χ1n) is 7.04. The van der Waals surface area contributed by atoms with E-state index in [2.05, 4.69) is 4.90 Å². The van der Waals surface area contributed by atoms with Crippen LogP contribution >= 0.6 is 11.6 Å². The van der Waals surface area contributed by atoms with E-state index in [1.165, 1.54) is 12.1 Å². The fourth-order valence-corrected chi connectivity index (χ4v) is 2.56. The highest BCUT2D eigenvalue weighted by Crippen LogP contribution is 2.28. The smallest absolute Gasteiger partial charge is 0.307 e. The lowest BCUT2D eigenvalue weighted by molar-refractivity contribution is -0.145. The maximum absolute atomic E-state index is 13.7. The summed E-state index contributed by atoms with van der Waals surface area (Å²) in [6, 6.07) is 4.44. The Labute approximate surface area is 128 Å². The van der Waals surface area contributed by atoms with Crippen molar-refractivity contribution in [1.29, 1.82) is 0 Å². The lowest BCUT2D eigenvalue weighted by Gasteiger charge is -2.34. The molecule has 1 aliphatic rings. The Bertz CT molecular complexity index is 492. The average molecular weight is 316 g/mol. The van der Waals surface area contributed by atoms with E-state index in [4.69, 9.17) is 21.1 Å². The predicted molar refractivity (Wildman–Crippen MR) is 77.8 cm³/mol. The maximum atomic E-state index is 13.7. The molecule has 1 aliphatic heterocycles. The molecule has 0 radical (unpaired) electrons. The topological polar surface area (TPSA) is 38.8 Å². The zero-order valence-corrected chi connectivity index (χ0v) is 12.7. The first-order chi connectivity index (χ1) is 10.1. The third kappa shape index (κ3) is 4.40. The van der Waals surface area contributed by atoms with Gasteiger partial charge >= 0.3 is 5.97 Å². The minimum absolute atomic E-state index is 0.0793. The standard InChI is InChI=1S/C15H19ClFNO3/c1-2-21-15(19)10-14(18-5-7-20-8-6-18)11-3-4-12(16)13(17)9-11/h3-4,9,14H,2,5-8,10H2,1H3. The van der Waals surface area contributed by atoms with Gasteiger partial charge in [-0.1, -0.05) is 17.7 Å². The number of hydrogen-bond acceptors (Lipinski definition) is 4. The van der Waals surface area contributed by atoms with Crippen molar-refractivity contribution in [2.75, 3.05) is 32.9 Å². The van der Waals surface area contributed by atoms with Gasteiger partial charge in [-0.3, -0.25) is 9.69 Å². The summed E-state index contributed by atoms with van der Waals surface area (Å²) in [5, 5.41) is 0.0793. The lowest BCUT2D eigenvalue weighted by atomic mass is 10.0. The summed E-state index contributed by atoms with van der Waals surface area (Å²) in [5.41, 5.74) is 0.729. The molecule has 1 atom stereocenters. The summed E-state index contributed by atoms with van der Waals surface area (Å²) in [5.74, 6) is -0.763. The highest BCUT2D eigenvalue weighted by molar-refractivity contribution is 6.30. The molecule has 1 saturated heterocycles. The second kappa shape index (κ2) is 7.73. The zero-order chi connectivity index (χ0) is 15.2. The number of esters is 1. The molecule has 2 rings (SSSR count). The highest BCUT2D eigenvalue weighted by atomic mass is 35.5. The highest BCUT2D eigenvalue weighted by Gasteiger charge is 2.26. The van der Waals surface area contributed by atoms with Crippen molar-refractivity contribution in [3.05, 3.63) is 34.6 Å². The van der Waals surface area contributed by atoms with E-state index in [0.717, 1.165) is 5.56 Å². The quantitative estimate of drug-likeness (QED) is 0.783. The van der Waals surface area contributed by atoms with E-state index in [0.29, 0.717) is 32.9 Å².